The van der Waals surface area contributed by atoms with Crippen LogP contribution in [0.2, 0.25) is 5.02 Å². The van der Waals surface area contributed by atoms with Gasteiger partial charge in [-0.15, -0.1) is 0 Å². The van der Waals surface area contributed by atoms with Gasteiger partial charge in [-0.1, -0.05) is 17.7 Å². The highest BCUT2D eigenvalue weighted by atomic mass is 35.5. The second-order valence-electron chi connectivity index (χ2n) is 7.90. The van der Waals surface area contributed by atoms with Crippen LogP contribution in [0.5, 0.6) is 5.75 Å². The second-order valence-corrected chi connectivity index (χ2v) is 10.2. The maximum atomic E-state index is 14.2. The first kappa shape index (κ1) is 25.4. The number of nitrogens with one attached hydrogen (secondary N) is 2. The molecule has 0 aromatic heterocycles. The van der Waals surface area contributed by atoms with Crippen LogP contribution in [-0.4, -0.2) is 39.4 Å². The van der Waals surface area contributed by atoms with Crippen molar-refractivity contribution in [2.45, 2.75) is 17.9 Å². The van der Waals surface area contributed by atoms with Gasteiger partial charge in [0.15, 0.2) is 0 Å². The summed E-state index contributed by atoms with van der Waals surface area (Å²) in [5.74, 6) is -2.39. The van der Waals surface area contributed by atoms with Crippen molar-refractivity contribution in [2.24, 2.45) is 0 Å². The number of benzene rings is 3. The summed E-state index contributed by atoms with van der Waals surface area (Å²) in [6.45, 7) is 1.18. The van der Waals surface area contributed by atoms with E-state index in [1.807, 2.05) is 0 Å². The van der Waals surface area contributed by atoms with Crippen molar-refractivity contribution in [2.75, 3.05) is 22.7 Å². The van der Waals surface area contributed by atoms with Gasteiger partial charge in [0.1, 0.15) is 23.5 Å². The van der Waals surface area contributed by atoms with Crippen molar-refractivity contribution in [3.05, 3.63) is 82.9 Å². The van der Waals surface area contributed by atoms with E-state index in [4.69, 9.17) is 16.3 Å². The quantitative estimate of drug-likeness (QED) is 0.497. The Hall–Kier alpha value is -3.70. The molecule has 8 nitrogen and oxygen atoms in total. The lowest BCUT2D eigenvalue weighted by atomic mass is 10.1. The molecule has 0 fully saturated rings. The van der Waals surface area contributed by atoms with E-state index >= 15 is 0 Å². The number of hydrogen-bond donors (Lipinski definition) is 2. The van der Waals surface area contributed by atoms with Gasteiger partial charge in [0.2, 0.25) is 5.91 Å². The molecule has 12 heteroatoms. The molecule has 0 radical (unpaired) electrons. The number of carbonyl (C=O) groups excluding carboxylic acids is 2. The van der Waals surface area contributed by atoms with Crippen LogP contribution in [0, 0.1) is 11.6 Å². The monoisotopic (exact) mass is 535 g/mol. The van der Waals surface area contributed by atoms with E-state index in [-0.39, 0.29) is 51.6 Å². The number of halogens is 3. The minimum atomic E-state index is -4.19. The summed E-state index contributed by atoms with van der Waals surface area (Å²) < 4.78 is 61.5. The van der Waals surface area contributed by atoms with Crippen LogP contribution >= 0.6 is 11.6 Å². The van der Waals surface area contributed by atoms with Gasteiger partial charge in [-0.3, -0.25) is 13.9 Å². The molecule has 0 aliphatic carbocycles. The second kappa shape index (κ2) is 10.1. The number of sulfonamides is 1. The molecule has 3 aromatic rings. The number of hydrogen-bond acceptors (Lipinski definition) is 5. The van der Waals surface area contributed by atoms with Crippen LogP contribution in [0.1, 0.15) is 17.3 Å². The standard InChI is InChI=1S/C24H20ClF2N3O5S/c1-14(31)28-12-17-13-30(36(33,34)18-8-5-15(26)6-9-18)21-11-16(7-10-22(21)35-17)29-24(32)23-19(25)3-2-4-20(23)27/h2-11,17H,12-13H2,1H3,(H,28,31)(H,29,32). The largest absolute Gasteiger partial charge is 0.484 e. The smallest absolute Gasteiger partial charge is 0.264 e. The third kappa shape index (κ3) is 5.26. The number of anilines is 2. The summed E-state index contributed by atoms with van der Waals surface area (Å²) in [7, 11) is -4.19. The Labute approximate surface area is 210 Å². The molecular formula is C24H20ClF2N3O5S. The zero-order valence-corrected chi connectivity index (χ0v) is 20.4. The topological polar surface area (TPSA) is 105 Å². The average Bonchev–Trinajstić information content (AvgIpc) is 2.82. The fraction of sp³-hybridized carbons (Fsp3) is 0.167. The molecule has 3 aromatic carbocycles. The van der Waals surface area contributed by atoms with Gasteiger partial charge in [-0.2, -0.15) is 0 Å². The van der Waals surface area contributed by atoms with E-state index in [1.165, 1.54) is 37.3 Å². The predicted octanol–water partition coefficient (Wildman–Crippen LogP) is 3.96. The molecule has 188 valence electrons. The van der Waals surface area contributed by atoms with E-state index < -0.39 is 33.7 Å². The predicted molar refractivity (Wildman–Crippen MR) is 130 cm³/mol. The van der Waals surface area contributed by atoms with E-state index in [0.29, 0.717) is 0 Å². The van der Waals surface area contributed by atoms with Crippen molar-refractivity contribution in [3.8, 4) is 5.75 Å². The Kier molecular flexibility index (Phi) is 7.14. The summed E-state index contributed by atoms with van der Waals surface area (Å²) in [6.07, 6.45) is -0.728. The van der Waals surface area contributed by atoms with E-state index in [0.717, 1.165) is 34.6 Å². The van der Waals surface area contributed by atoms with Gasteiger partial charge in [0.05, 0.1) is 34.3 Å². The van der Waals surface area contributed by atoms with Gasteiger partial charge >= 0.3 is 0 Å². The minimum Gasteiger partial charge on any atom is -0.484 e. The van der Waals surface area contributed by atoms with E-state index in [9.17, 15) is 26.8 Å². The zero-order valence-electron chi connectivity index (χ0n) is 18.8. The molecule has 1 atom stereocenters. The normalized spacial score (nSPS) is 15.0. The molecule has 0 saturated carbocycles. The lowest BCUT2D eigenvalue weighted by Gasteiger charge is -2.35. The fourth-order valence-electron chi connectivity index (χ4n) is 3.62. The molecule has 0 spiro atoms. The van der Waals surface area contributed by atoms with Crippen LogP contribution in [0.25, 0.3) is 0 Å². The third-order valence-corrected chi connectivity index (χ3v) is 7.43. The molecule has 2 N–H and O–H groups in total. The first-order chi connectivity index (χ1) is 17.1. The van der Waals surface area contributed by atoms with E-state index in [1.54, 1.807) is 0 Å². The number of rotatable bonds is 6. The summed E-state index contributed by atoms with van der Waals surface area (Å²) in [4.78, 5) is 23.9. The summed E-state index contributed by atoms with van der Waals surface area (Å²) in [5, 5.41) is 5.02. The Balaban J connectivity index is 1.71. The van der Waals surface area contributed by atoms with Crippen LogP contribution in [0.3, 0.4) is 0 Å². The van der Waals surface area contributed by atoms with Gasteiger partial charge in [-0.05, 0) is 54.6 Å². The number of nitrogens with zero attached hydrogens (tertiary/aromatic N) is 1. The lowest BCUT2D eigenvalue weighted by molar-refractivity contribution is -0.119. The van der Waals surface area contributed by atoms with Crippen molar-refractivity contribution in [1.82, 2.24) is 5.32 Å². The molecule has 0 saturated heterocycles. The molecular weight excluding hydrogens is 516 g/mol. The van der Waals surface area contributed by atoms with Crippen molar-refractivity contribution in [1.29, 1.82) is 0 Å². The summed E-state index contributed by atoms with van der Waals surface area (Å²) in [6, 6.07) is 12.4. The number of ether oxygens (including phenoxy) is 1. The molecule has 1 aliphatic heterocycles. The fourth-order valence-corrected chi connectivity index (χ4v) is 5.37. The SMILES string of the molecule is CC(=O)NCC1CN(S(=O)(=O)c2ccc(F)cc2)c2cc(NC(=O)c3c(F)cccc3Cl)ccc2O1. The molecule has 1 unspecified atom stereocenters. The molecule has 4 rings (SSSR count). The first-order valence-corrected chi connectivity index (χ1v) is 12.5. The maximum absolute atomic E-state index is 14.2. The van der Waals surface area contributed by atoms with Crippen LogP contribution in [0.15, 0.2) is 65.6 Å². The Bertz CT molecular complexity index is 1410. The molecule has 2 amide bonds. The average molecular weight is 536 g/mol. The van der Waals surface area contributed by atoms with Crippen molar-refractivity contribution >= 4 is 44.8 Å². The number of fused-ring (bicyclic) bond motifs is 1. The molecule has 0 bridgehead atoms. The number of carbonyl (C=O) groups is 2. The summed E-state index contributed by atoms with van der Waals surface area (Å²) >= 11 is 5.97. The molecule has 36 heavy (non-hydrogen) atoms. The van der Waals surface area contributed by atoms with E-state index in [2.05, 4.69) is 10.6 Å². The van der Waals surface area contributed by atoms with Gasteiger partial charge in [0.25, 0.3) is 15.9 Å². The maximum Gasteiger partial charge on any atom is 0.264 e. The third-order valence-electron chi connectivity index (χ3n) is 5.32. The van der Waals surface area contributed by atoms with Gasteiger partial charge in [-0.25, -0.2) is 17.2 Å². The zero-order chi connectivity index (χ0) is 26.0. The number of amides is 2. The minimum absolute atomic E-state index is 0.0362. The van der Waals surface area contributed by atoms with Crippen molar-refractivity contribution < 1.29 is 31.5 Å². The first-order valence-electron chi connectivity index (χ1n) is 10.6. The van der Waals surface area contributed by atoms with Gasteiger partial charge < -0.3 is 15.4 Å². The Morgan fingerprint density at radius 3 is 2.50 bits per heavy atom. The highest BCUT2D eigenvalue weighted by Crippen LogP contribution is 2.39. The Morgan fingerprint density at radius 1 is 1.11 bits per heavy atom. The Morgan fingerprint density at radius 2 is 1.83 bits per heavy atom. The molecule has 1 heterocycles. The highest BCUT2D eigenvalue weighted by Gasteiger charge is 2.35. The highest BCUT2D eigenvalue weighted by molar-refractivity contribution is 7.92. The van der Waals surface area contributed by atoms with Gasteiger partial charge in [0, 0.05) is 12.6 Å². The van der Waals surface area contributed by atoms with Crippen molar-refractivity contribution in [3.63, 3.8) is 0 Å². The lowest BCUT2D eigenvalue weighted by Crippen LogP contribution is -2.48. The molecule has 1 aliphatic rings. The van der Waals surface area contributed by atoms with Crippen LogP contribution in [0.4, 0.5) is 20.2 Å². The van der Waals surface area contributed by atoms with Crippen LogP contribution in [-0.2, 0) is 14.8 Å². The van der Waals surface area contributed by atoms with Crippen LogP contribution < -0.4 is 19.7 Å². The summed E-state index contributed by atoms with van der Waals surface area (Å²) in [5.41, 5.74) is -0.114.